The summed E-state index contributed by atoms with van der Waals surface area (Å²) in [5.74, 6) is -0.223. The topological polar surface area (TPSA) is 85.9 Å². The van der Waals surface area contributed by atoms with Crippen molar-refractivity contribution in [3.8, 4) is 0 Å². The number of hydrogen-bond acceptors (Lipinski definition) is 5. The summed E-state index contributed by atoms with van der Waals surface area (Å²) in [5.41, 5.74) is 0.154. The van der Waals surface area contributed by atoms with Crippen LogP contribution in [0.5, 0.6) is 0 Å². The van der Waals surface area contributed by atoms with Crippen molar-refractivity contribution in [1.29, 1.82) is 0 Å². The largest absolute Gasteiger partial charge is 0.434 e. The van der Waals surface area contributed by atoms with Crippen LogP contribution in [0, 0.1) is 10.1 Å². The number of aromatic nitrogens is 3. The van der Waals surface area contributed by atoms with Gasteiger partial charge >= 0.3 is 12.1 Å². The maximum Gasteiger partial charge on any atom is 0.434 e. The van der Waals surface area contributed by atoms with E-state index in [4.69, 9.17) is 0 Å². The second-order valence-electron chi connectivity index (χ2n) is 5.55. The molecule has 0 spiro atoms. The van der Waals surface area contributed by atoms with E-state index >= 15 is 0 Å². The highest BCUT2D eigenvalue weighted by molar-refractivity contribution is 5.91. The summed E-state index contributed by atoms with van der Waals surface area (Å²) in [6, 6.07) is 5.09. The zero-order chi connectivity index (χ0) is 18.7. The van der Waals surface area contributed by atoms with Gasteiger partial charge in [0.15, 0.2) is 0 Å². The Bertz CT molecular complexity index is 945. The van der Waals surface area contributed by atoms with Gasteiger partial charge in [0, 0.05) is 23.8 Å². The predicted octanol–water partition coefficient (Wildman–Crippen LogP) is 4.28. The number of fused-ring (bicyclic) bond motifs is 1. The van der Waals surface area contributed by atoms with Crippen LogP contribution < -0.4 is 5.32 Å². The Morgan fingerprint density at radius 3 is 2.67 bits per heavy atom. The van der Waals surface area contributed by atoms with E-state index in [9.17, 15) is 23.3 Å². The molecule has 2 aromatic heterocycles. The molecule has 0 saturated carbocycles. The van der Waals surface area contributed by atoms with Crippen molar-refractivity contribution in [2.75, 3.05) is 11.9 Å². The highest BCUT2D eigenvalue weighted by atomic mass is 35.5. The third-order valence-electron chi connectivity index (χ3n) is 3.82. The lowest BCUT2D eigenvalue weighted by molar-refractivity contribution is -0.396. The lowest BCUT2D eigenvalue weighted by Crippen LogP contribution is -2.09. The quantitative estimate of drug-likeness (QED) is 0.378. The van der Waals surface area contributed by atoms with Crippen LogP contribution in [0.3, 0.4) is 0 Å². The van der Waals surface area contributed by atoms with Gasteiger partial charge in [-0.2, -0.15) is 13.2 Å². The van der Waals surface area contributed by atoms with Gasteiger partial charge in [-0.25, -0.2) is 4.57 Å². The van der Waals surface area contributed by atoms with E-state index in [1.165, 1.54) is 29.2 Å². The van der Waals surface area contributed by atoms with Crippen LogP contribution in [0.25, 0.3) is 10.9 Å². The van der Waals surface area contributed by atoms with Gasteiger partial charge < -0.3 is 15.4 Å². The maximum absolute atomic E-state index is 12.8. The zero-order valence-corrected chi connectivity index (χ0v) is 14.6. The molecule has 0 fully saturated rings. The Labute approximate surface area is 157 Å². The molecule has 1 aromatic carbocycles. The SMILES string of the molecule is Cl.O=[N+]([O-])c1nccn1CCCNc1ccnc2cc(C(F)(F)F)ccc12. The summed E-state index contributed by atoms with van der Waals surface area (Å²) in [6.07, 6.45) is 0.477. The molecule has 144 valence electrons. The zero-order valence-electron chi connectivity index (χ0n) is 13.8. The number of nitrogens with one attached hydrogen (secondary N) is 1. The number of halogens is 4. The molecule has 7 nitrogen and oxygen atoms in total. The number of nitro groups is 1. The van der Waals surface area contributed by atoms with Gasteiger partial charge in [0.05, 0.1) is 17.6 Å². The van der Waals surface area contributed by atoms with Crippen molar-refractivity contribution in [1.82, 2.24) is 14.5 Å². The number of anilines is 1. The number of benzene rings is 1. The second kappa shape index (κ2) is 8.21. The highest BCUT2D eigenvalue weighted by Gasteiger charge is 2.30. The van der Waals surface area contributed by atoms with Gasteiger partial charge in [0.25, 0.3) is 0 Å². The van der Waals surface area contributed by atoms with Gasteiger partial charge in [-0.15, -0.1) is 12.4 Å². The summed E-state index contributed by atoms with van der Waals surface area (Å²) in [5, 5.41) is 14.5. The van der Waals surface area contributed by atoms with Gasteiger partial charge in [-0.3, -0.25) is 4.98 Å². The Morgan fingerprint density at radius 2 is 1.96 bits per heavy atom. The minimum Gasteiger partial charge on any atom is -0.390 e. The number of rotatable bonds is 6. The lowest BCUT2D eigenvalue weighted by Gasteiger charge is -2.11. The number of nitrogens with zero attached hydrogens (tertiary/aromatic N) is 4. The van der Waals surface area contributed by atoms with Crippen LogP contribution in [0.1, 0.15) is 12.0 Å². The molecule has 1 N–H and O–H groups in total. The normalized spacial score (nSPS) is 11.2. The second-order valence-corrected chi connectivity index (χ2v) is 5.55. The van der Waals surface area contributed by atoms with Crippen molar-refractivity contribution in [3.63, 3.8) is 0 Å². The van der Waals surface area contributed by atoms with Crippen LogP contribution in [-0.4, -0.2) is 26.0 Å². The van der Waals surface area contributed by atoms with Crippen molar-refractivity contribution < 1.29 is 18.1 Å². The third-order valence-corrected chi connectivity index (χ3v) is 3.82. The van der Waals surface area contributed by atoms with Crippen LogP contribution in [0.15, 0.2) is 42.9 Å². The molecule has 0 unspecified atom stereocenters. The molecule has 0 aliphatic carbocycles. The Balaban J connectivity index is 0.00000261. The molecule has 0 radical (unpaired) electrons. The Hall–Kier alpha value is -2.88. The van der Waals surface area contributed by atoms with Crippen molar-refractivity contribution in [3.05, 3.63) is 58.5 Å². The first-order valence-electron chi connectivity index (χ1n) is 7.71. The fourth-order valence-electron chi connectivity index (χ4n) is 2.60. The number of hydrogen-bond donors (Lipinski definition) is 1. The number of pyridine rings is 1. The smallest absolute Gasteiger partial charge is 0.390 e. The molecular weight excluding hydrogens is 387 g/mol. The molecule has 0 aliphatic rings. The molecule has 27 heavy (non-hydrogen) atoms. The first kappa shape index (κ1) is 20.4. The summed E-state index contributed by atoms with van der Waals surface area (Å²) < 4.78 is 39.8. The molecular formula is C16H15ClF3N5O2. The van der Waals surface area contributed by atoms with Gasteiger partial charge in [-0.05, 0) is 29.5 Å². The van der Waals surface area contributed by atoms with Crippen molar-refractivity contribution in [2.45, 2.75) is 19.1 Å². The monoisotopic (exact) mass is 401 g/mol. The number of aryl methyl sites for hydroxylation is 1. The minimum absolute atomic E-state index is 0. The van der Waals surface area contributed by atoms with Gasteiger partial charge in [0.2, 0.25) is 0 Å². The first-order valence-corrected chi connectivity index (χ1v) is 7.71. The van der Waals surface area contributed by atoms with Crippen molar-refractivity contribution >= 4 is 34.9 Å². The molecule has 3 aromatic rings. The fraction of sp³-hybridized carbons (Fsp3) is 0.250. The summed E-state index contributed by atoms with van der Waals surface area (Å²) in [7, 11) is 0. The van der Waals surface area contributed by atoms with E-state index in [2.05, 4.69) is 15.3 Å². The van der Waals surface area contributed by atoms with E-state index in [0.717, 1.165) is 12.1 Å². The van der Waals surface area contributed by atoms with Gasteiger partial charge in [0.1, 0.15) is 12.4 Å². The molecule has 0 bridgehead atoms. The van der Waals surface area contributed by atoms with Crippen LogP contribution in [0.2, 0.25) is 0 Å². The summed E-state index contributed by atoms with van der Waals surface area (Å²) in [4.78, 5) is 17.9. The van der Waals surface area contributed by atoms with E-state index in [1.807, 2.05) is 0 Å². The first-order chi connectivity index (χ1) is 12.4. The van der Waals surface area contributed by atoms with Gasteiger partial charge in [-0.1, -0.05) is 11.1 Å². The van der Waals surface area contributed by atoms with Crippen LogP contribution in [-0.2, 0) is 12.7 Å². The fourth-order valence-corrected chi connectivity index (χ4v) is 2.60. The lowest BCUT2D eigenvalue weighted by atomic mass is 10.1. The number of alkyl halides is 3. The molecule has 0 saturated heterocycles. The van der Waals surface area contributed by atoms with Crippen LogP contribution in [0.4, 0.5) is 24.8 Å². The average molecular weight is 402 g/mol. The molecule has 0 aliphatic heterocycles. The summed E-state index contributed by atoms with van der Waals surface area (Å²) >= 11 is 0. The molecule has 3 rings (SSSR count). The molecule has 0 amide bonds. The van der Waals surface area contributed by atoms with E-state index in [1.54, 1.807) is 6.07 Å². The number of imidazole rings is 1. The Morgan fingerprint density at radius 1 is 1.19 bits per heavy atom. The standard InChI is InChI=1S/C16H14F3N5O2.ClH/c17-16(18,19)11-2-3-12-13(4-6-21-14(12)10-11)20-5-1-8-23-9-7-22-15(23)24(25)26;/h2-4,6-7,9-10H,1,5,8H2,(H,20,21);1H. The molecule has 11 heteroatoms. The third kappa shape index (κ3) is 4.64. The molecule has 0 atom stereocenters. The highest BCUT2D eigenvalue weighted by Crippen LogP contribution is 2.32. The molecule has 2 heterocycles. The Kier molecular flexibility index (Phi) is 6.21. The summed E-state index contributed by atoms with van der Waals surface area (Å²) in [6.45, 7) is 0.875. The average Bonchev–Trinajstić information content (AvgIpc) is 3.06. The van der Waals surface area contributed by atoms with Crippen molar-refractivity contribution in [2.24, 2.45) is 0 Å². The van der Waals surface area contributed by atoms with E-state index < -0.39 is 16.7 Å². The van der Waals surface area contributed by atoms with E-state index in [0.29, 0.717) is 30.6 Å². The van der Waals surface area contributed by atoms with Crippen LogP contribution >= 0.6 is 12.4 Å². The predicted molar refractivity (Wildman–Crippen MR) is 96.0 cm³/mol. The maximum atomic E-state index is 12.8. The van der Waals surface area contributed by atoms with E-state index in [-0.39, 0.29) is 23.9 Å². The minimum atomic E-state index is -4.42.